The lowest BCUT2D eigenvalue weighted by atomic mass is 9.95. The standard InChI is InChI=1S/C26H29N3O/c1-2-19(22-17-21-7-3-4-11-25(21)28-18-22)13-15-24(30)10-5-9-23-14-12-20-8-6-16-27-26(20)29-23/h3-4,7,11-15,17-19H,2,5-6,8-10,16H2,1H3,(H,27,29). The Balaban J connectivity index is 1.32. The van der Waals surface area contributed by atoms with Crippen molar-refractivity contribution < 1.29 is 4.79 Å². The molecule has 1 unspecified atom stereocenters. The Labute approximate surface area is 178 Å². The third kappa shape index (κ3) is 4.93. The van der Waals surface area contributed by atoms with Gasteiger partial charge in [0.1, 0.15) is 5.82 Å². The molecule has 1 aromatic carbocycles. The summed E-state index contributed by atoms with van der Waals surface area (Å²) in [6.45, 7) is 3.14. The van der Waals surface area contributed by atoms with Crippen LogP contribution in [-0.4, -0.2) is 22.3 Å². The predicted octanol–water partition coefficient (Wildman–Crippen LogP) is 5.63. The third-order valence-electron chi connectivity index (χ3n) is 5.80. The molecule has 0 fully saturated rings. The van der Waals surface area contributed by atoms with Gasteiger partial charge in [-0.05, 0) is 67.5 Å². The van der Waals surface area contributed by atoms with E-state index in [1.54, 1.807) is 6.08 Å². The van der Waals surface area contributed by atoms with Gasteiger partial charge in [0.15, 0.2) is 5.78 Å². The normalized spacial score (nSPS) is 14.4. The number of nitrogens with zero attached hydrogens (tertiary/aromatic N) is 2. The number of carbonyl (C=O) groups excluding carboxylic acids is 1. The second-order valence-electron chi connectivity index (χ2n) is 8.00. The van der Waals surface area contributed by atoms with Crippen LogP contribution in [0.4, 0.5) is 5.82 Å². The largest absolute Gasteiger partial charge is 0.370 e. The van der Waals surface area contributed by atoms with Crippen molar-refractivity contribution in [3.05, 3.63) is 77.6 Å². The highest BCUT2D eigenvalue weighted by molar-refractivity contribution is 5.89. The molecule has 2 aromatic heterocycles. The van der Waals surface area contributed by atoms with E-state index in [1.165, 1.54) is 12.0 Å². The number of aryl methyl sites for hydroxylation is 2. The SMILES string of the molecule is CCC(C=CC(=O)CCCc1ccc2c(n1)NCCC2)c1cnc2ccccc2c1. The van der Waals surface area contributed by atoms with Gasteiger partial charge >= 0.3 is 0 Å². The highest BCUT2D eigenvalue weighted by atomic mass is 16.1. The third-order valence-corrected chi connectivity index (χ3v) is 5.80. The number of pyridine rings is 2. The number of hydrogen-bond acceptors (Lipinski definition) is 4. The predicted molar refractivity (Wildman–Crippen MR) is 123 cm³/mol. The topological polar surface area (TPSA) is 54.9 Å². The average molecular weight is 400 g/mol. The summed E-state index contributed by atoms with van der Waals surface area (Å²) in [4.78, 5) is 21.7. The minimum atomic E-state index is 0.179. The summed E-state index contributed by atoms with van der Waals surface area (Å²) < 4.78 is 0. The van der Waals surface area contributed by atoms with E-state index < -0.39 is 0 Å². The Morgan fingerprint density at radius 3 is 3.03 bits per heavy atom. The van der Waals surface area contributed by atoms with Crippen molar-refractivity contribution in [2.45, 2.75) is 51.4 Å². The number of nitrogens with one attached hydrogen (secondary N) is 1. The molecule has 1 aliphatic rings. The summed E-state index contributed by atoms with van der Waals surface area (Å²) in [5, 5.41) is 4.51. The molecule has 154 valence electrons. The minimum Gasteiger partial charge on any atom is -0.370 e. The van der Waals surface area contributed by atoms with E-state index in [0.29, 0.717) is 6.42 Å². The molecular formula is C26H29N3O. The molecule has 30 heavy (non-hydrogen) atoms. The zero-order valence-corrected chi connectivity index (χ0v) is 17.6. The molecule has 0 saturated carbocycles. The number of anilines is 1. The number of carbonyl (C=O) groups is 1. The van der Waals surface area contributed by atoms with Gasteiger partial charge in [0, 0.05) is 36.2 Å². The van der Waals surface area contributed by atoms with Crippen molar-refractivity contribution in [2.75, 3.05) is 11.9 Å². The Kier molecular flexibility index (Phi) is 6.53. The number of hydrogen-bond donors (Lipinski definition) is 1. The molecule has 0 radical (unpaired) electrons. The highest BCUT2D eigenvalue weighted by Gasteiger charge is 2.11. The number of aromatic nitrogens is 2. The quantitative estimate of drug-likeness (QED) is 0.499. The van der Waals surface area contributed by atoms with Crippen molar-refractivity contribution in [2.24, 2.45) is 0 Å². The summed E-state index contributed by atoms with van der Waals surface area (Å²) >= 11 is 0. The first-order valence-corrected chi connectivity index (χ1v) is 11.0. The molecule has 1 atom stereocenters. The number of ketones is 1. The Hall–Kier alpha value is -3.01. The van der Waals surface area contributed by atoms with Crippen LogP contribution in [0.25, 0.3) is 10.9 Å². The van der Waals surface area contributed by atoms with Crippen LogP contribution < -0.4 is 5.32 Å². The van der Waals surface area contributed by atoms with E-state index in [-0.39, 0.29) is 11.7 Å². The summed E-state index contributed by atoms with van der Waals surface area (Å²) in [7, 11) is 0. The van der Waals surface area contributed by atoms with E-state index in [9.17, 15) is 4.79 Å². The van der Waals surface area contributed by atoms with Crippen LogP contribution in [0.3, 0.4) is 0 Å². The van der Waals surface area contributed by atoms with Gasteiger partial charge in [-0.15, -0.1) is 0 Å². The number of allylic oxidation sites excluding steroid dienone is 2. The minimum absolute atomic E-state index is 0.179. The van der Waals surface area contributed by atoms with Crippen LogP contribution >= 0.6 is 0 Å². The van der Waals surface area contributed by atoms with E-state index in [0.717, 1.165) is 60.2 Å². The lowest BCUT2D eigenvalue weighted by molar-refractivity contribution is -0.114. The maximum atomic E-state index is 12.4. The van der Waals surface area contributed by atoms with E-state index in [4.69, 9.17) is 4.98 Å². The van der Waals surface area contributed by atoms with Crippen LogP contribution in [0.15, 0.2) is 60.8 Å². The lowest BCUT2D eigenvalue weighted by Crippen LogP contribution is -2.14. The van der Waals surface area contributed by atoms with Gasteiger partial charge < -0.3 is 5.32 Å². The molecule has 4 nitrogen and oxygen atoms in total. The van der Waals surface area contributed by atoms with E-state index >= 15 is 0 Å². The molecule has 3 heterocycles. The smallest absolute Gasteiger partial charge is 0.155 e. The number of rotatable bonds is 8. The van der Waals surface area contributed by atoms with Crippen molar-refractivity contribution >= 4 is 22.5 Å². The summed E-state index contributed by atoms with van der Waals surface area (Å²) in [5.74, 6) is 1.41. The van der Waals surface area contributed by atoms with E-state index in [1.807, 2.05) is 30.5 Å². The van der Waals surface area contributed by atoms with Gasteiger partial charge in [0.05, 0.1) is 5.52 Å². The number of fused-ring (bicyclic) bond motifs is 2. The van der Waals surface area contributed by atoms with E-state index in [2.05, 4.69) is 41.5 Å². The fourth-order valence-corrected chi connectivity index (χ4v) is 4.03. The fourth-order valence-electron chi connectivity index (χ4n) is 4.03. The molecule has 4 rings (SSSR count). The summed E-state index contributed by atoms with van der Waals surface area (Å²) in [6, 6.07) is 14.6. The van der Waals surface area contributed by atoms with Crippen molar-refractivity contribution in [3.8, 4) is 0 Å². The Bertz CT molecular complexity index is 1060. The highest BCUT2D eigenvalue weighted by Crippen LogP contribution is 2.24. The summed E-state index contributed by atoms with van der Waals surface area (Å²) in [6.07, 6.45) is 11.1. The Morgan fingerprint density at radius 2 is 2.13 bits per heavy atom. The van der Waals surface area contributed by atoms with Gasteiger partial charge in [-0.25, -0.2) is 4.98 Å². The van der Waals surface area contributed by atoms with Gasteiger partial charge in [-0.3, -0.25) is 9.78 Å². The average Bonchev–Trinajstić information content (AvgIpc) is 2.79. The molecule has 0 amide bonds. The molecule has 0 spiro atoms. The van der Waals surface area contributed by atoms with Crippen molar-refractivity contribution in [1.82, 2.24) is 9.97 Å². The van der Waals surface area contributed by atoms with Crippen molar-refractivity contribution in [1.29, 1.82) is 0 Å². The molecule has 1 aliphatic heterocycles. The zero-order valence-electron chi connectivity index (χ0n) is 17.6. The molecule has 1 N–H and O–H groups in total. The van der Waals surface area contributed by atoms with Crippen LogP contribution in [-0.2, 0) is 17.6 Å². The van der Waals surface area contributed by atoms with Crippen LogP contribution in [0.5, 0.6) is 0 Å². The fraction of sp³-hybridized carbons (Fsp3) is 0.346. The molecule has 0 bridgehead atoms. The first-order chi connectivity index (χ1) is 14.7. The monoisotopic (exact) mass is 399 g/mol. The second-order valence-corrected chi connectivity index (χ2v) is 8.00. The summed E-state index contributed by atoms with van der Waals surface area (Å²) in [5.41, 5.74) is 4.53. The molecule has 4 heteroatoms. The van der Waals surface area contributed by atoms with Gasteiger partial charge in [-0.2, -0.15) is 0 Å². The second kappa shape index (κ2) is 9.66. The first-order valence-electron chi connectivity index (χ1n) is 11.0. The lowest BCUT2D eigenvalue weighted by Gasteiger charge is -2.17. The number of benzene rings is 1. The molecule has 3 aromatic rings. The molecule has 0 saturated heterocycles. The maximum absolute atomic E-state index is 12.4. The first kappa shape index (κ1) is 20.3. The molecule has 0 aliphatic carbocycles. The van der Waals surface area contributed by atoms with Crippen LogP contribution in [0.2, 0.25) is 0 Å². The van der Waals surface area contributed by atoms with Gasteiger partial charge in [0.2, 0.25) is 0 Å². The van der Waals surface area contributed by atoms with Crippen LogP contribution in [0, 0.1) is 0 Å². The van der Waals surface area contributed by atoms with Gasteiger partial charge in [-0.1, -0.05) is 37.3 Å². The number of para-hydroxylation sites is 1. The van der Waals surface area contributed by atoms with Crippen LogP contribution in [0.1, 0.15) is 55.3 Å². The van der Waals surface area contributed by atoms with Crippen molar-refractivity contribution in [3.63, 3.8) is 0 Å². The molecular weight excluding hydrogens is 370 g/mol. The van der Waals surface area contributed by atoms with Gasteiger partial charge in [0.25, 0.3) is 0 Å². The maximum Gasteiger partial charge on any atom is 0.155 e. The Morgan fingerprint density at radius 1 is 1.23 bits per heavy atom. The zero-order chi connectivity index (χ0) is 20.8.